The van der Waals surface area contributed by atoms with Crippen molar-refractivity contribution < 1.29 is 22.7 Å². The maximum absolute atomic E-state index is 12.6. The van der Waals surface area contributed by atoms with Gasteiger partial charge in [-0.3, -0.25) is 4.79 Å². The van der Waals surface area contributed by atoms with Gasteiger partial charge in [0.2, 0.25) is 10.0 Å². The van der Waals surface area contributed by atoms with Crippen molar-refractivity contribution in [2.45, 2.75) is 56.6 Å². The molecule has 0 radical (unpaired) electrons. The summed E-state index contributed by atoms with van der Waals surface area (Å²) >= 11 is 0. The lowest BCUT2D eigenvalue weighted by Crippen LogP contribution is -2.38. The monoisotopic (exact) mass is 458 g/mol. The topological polar surface area (TPSA) is 92.8 Å². The van der Waals surface area contributed by atoms with E-state index in [2.05, 4.69) is 5.32 Å². The van der Waals surface area contributed by atoms with E-state index in [4.69, 9.17) is 4.74 Å². The number of rotatable bonds is 9. The fraction of sp³-hybridized carbons (Fsp3) is 0.417. The summed E-state index contributed by atoms with van der Waals surface area (Å²) in [5.41, 5.74) is 1.19. The van der Waals surface area contributed by atoms with Crippen LogP contribution in [0.15, 0.2) is 59.5 Å². The van der Waals surface area contributed by atoms with Gasteiger partial charge in [0.1, 0.15) is 0 Å². The van der Waals surface area contributed by atoms with Crippen LogP contribution in [0.4, 0.5) is 0 Å². The van der Waals surface area contributed by atoms with Crippen LogP contribution in [0.2, 0.25) is 0 Å². The maximum Gasteiger partial charge on any atom is 0.338 e. The van der Waals surface area contributed by atoms with Crippen LogP contribution in [0.25, 0.3) is 0 Å². The number of carbonyl (C=O) groups excluding carboxylic acids is 2. The molecule has 32 heavy (non-hydrogen) atoms. The highest BCUT2D eigenvalue weighted by Gasteiger charge is 2.27. The third kappa shape index (κ3) is 5.75. The number of nitrogens with one attached hydrogen (secondary N) is 1. The molecule has 0 saturated carbocycles. The second-order valence-electron chi connectivity index (χ2n) is 7.94. The first kappa shape index (κ1) is 23.9. The average Bonchev–Trinajstić information content (AvgIpc) is 3.35. The van der Waals surface area contributed by atoms with Gasteiger partial charge in [-0.15, -0.1) is 0 Å². The molecule has 8 heteroatoms. The third-order valence-electron chi connectivity index (χ3n) is 5.54. The lowest BCUT2D eigenvalue weighted by molar-refractivity contribution is -0.129. The molecule has 2 aromatic rings. The van der Waals surface area contributed by atoms with Crippen molar-refractivity contribution >= 4 is 21.9 Å². The summed E-state index contributed by atoms with van der Waals surface area (Å²) in [4.78, 5) is 25.3. The molecule has 2 atom stereocenters. The quantitative estimate of drug-likeness (QED) is 0.579. The number of esters is 1. The van der Waals surface area contributed by atoms with Gasteiger partial charge >= 0.3 is 5.97 Å². The SMILES string of the molecule is CCCC(NC(=O)C(C)OC(=O)c1ccc(S(=O)(=O)N2CCCC2)cc1)c1ccccc1. The van der Waals surface area contributed by atoms with Crippen LogP contribution in [0, 0.1) is 0 Å². The third-order valence-corrected chi connectivity index (χ3v) is 7.45. The molecule has 1 saturated heterocycles. The zero-order valence-electron chi connectivity index (χ0n) is 18.5. The summed E-state index contributed by atoms with van der Waals surface area (Å²) in [6.07, 6.45) is 2.38. The van der Waals surface area contributed by atoms with Crippen molar-refractivity contribution in [2.75, 3.05) is 13.1 Å². The number of nitrogens with zero attached hydrogens (tertiary/aromatic N) is 1. The number of sulfonamides is 1. The molecule has 2 aromatic carbocycles. The number of ether oxygens (including phenoxy) is 1. The van der Waals surface area contributed by atoms with E-state index in [9.17, 15) is 18.0 Å². The Morgan fingerprint density at radius 1 is 1.03 bits per heavy atom. The normalized spacial score (nSPS) is 16.3. The molecule has 7 nitrogen and oxygen atoms in total. The Balaban J connectivity index is 1.61. The van der Waals surface area contributed by atoms with Gasteiger partial charge in [0.05, 0.1) is 16.5 Å². The van der Waals surface area contributed by atoms with Gasteiger partial charge < -0.3 is 10.1 Å². The molecule has 1 heterocycles. The fourth-order valence-corrected chi connectivity index (χ4v) is 5.22. The zero-order valence-corrected chi connectivity index (χ0v) is 19.3. The van der Waals surface area contributed by atoms with Crippen LogP contribution >= 0.6 is 0 Å². The van der Waals surface area contributed by atoms with E-state index in [0.29, 0.717) is 13.1 Å². The first-order valence-corrected chi connectivity index (χ1v) is 12.4. The first-order valence-electron chi connectivity index (χ1n) is 11.0. The van der Waals surface area contributed by atoms with Gasteiger partial charge in [0.15, 0.2) is 6.10 Å². The summed E-state index contributed by atoms with van der Waals surface area (Å²) in [5.74, 6) is -1.06. The fourth-order valence-electron chi connectivity index (χ4n) is 3.71. The van der Waals surface area contributed by atoms with Crippen LogP contribution < -0.4 is 5.32 Å². The van der Waals surface area contributed by atoms with E-state index in [0.717, 1.165) is 31.2 Å². The summed E-state index contributed by atoms with van der Waals surface area (Å²) in [5, 5.41) is 2.95. The molecule has 1 N–H and O–H groups in total. The first-order chi connectivity index (χ1) is 15.3. The molecule has 1 aliphatic rings. The summed E-state index contributed by atoms with van der Waals surface area (Å²) in [6, 6.07) is 15.1. The molecule has 1 amide bonds. The minimum Gasteiger partial charge on any atom is -0.449 e. The molecule has 0 bridgehead atoms. The van der Waals surface area contributed by atoms with Crippen molar-refractivity contribution in [1.29, 1.82) is 0 Å². The molecule has 172 valence electrons. The van der Waals surface area contributed by atoms with E-state index in [-0.39, 0.29) is 22.4 Å². The highest BCUT2D eigenvalue weighted by molar-refractivity contribution is 7.89. The van der Waals surface area contributed by atoms with Crippen molar-refractivity contribution in [3.8, 4) is 0 Å². The lowest BCUT2D eigenvalue weighted by atomic mass is 10.0. The summed E-state index contributed by atoms with van der Waals surface area (Å²) < 4.78 is 32.0. The highest BCUT2D eigenvalue weighted by Crippen LogP contribution is 2.22. The smallest absolute Gasteiger partial charge is 0.338 e. The Morgan fingerprint density at radius 3 is 2.25 bits per heavy atom. The molecule has 3 rings (SSSR count). The van der Waals surface area contributed by atoms with Gasteiger partial charge in [-0.25, -0.2) is 13.2 Å². The average molecular weight is 459 g/mol. The zero-order chi connectivity index (χ0) is 23.1. The van der Waals surface area contributed by atoms with Gasteiger partial charge in [-0.05, 0) is 56.0 Å². The van der Waals surface area contributed by atoms with Crippen LogP contribution in [0.5, 0.6) is 0 Å². The standard InChI is InChI=1S/C24H30N2O5S/c1-3-9-22(19-10-5-4-6-11-19)25-23(27)18(2)31-24(28)20-12-14-21(15-13-20)32(29,30)26-16-7-8-17-26/h4-6,10-15,18,22H,3,7-9,16-17H2,1-2H3,(H,25,27). The molecule has 1 fully saturated rings. The Labute approximate surface area is 189 Å². The van der Waals surface area contributed by atoms with Crippen LogP contribution in [0.3, 0.4) is 0 Å². The number of hydrogen-bond donors (Lipinski definition) is 1. The molecular formula is C24H30N2O5S. The van der Waals surface area contributed by atoms with E-state index in [1.807, 2.05) is 37.3 Å². The second kappa shape index (κ2) is 10.7. The number of carbonyl (C=O) groups is 2. The molecule has 0 aliphatic carbocycles. The predicted octanol–water partition coefficient (Wildman–Crippen LogP) is 3.67. The number of hydrogen-bond acceptors (Lipinski definition) is 5. The van der Waals surface area contributed by atoms with Gasteiger partial charge in [0.25, 0.3) is 5.91 Å². The molecule has 0 spiro atoms. The van der Waals surface area contributed by atoms with Gasteiger partial charge in [0, 0.05) is 13.1 Å². The maximum atomic E-state index is 12.6. The van der Waals surface area contributed by atoms with Crippen LogP contribution in [-0.2, 0) is 19.6 Å². The Hall–Kier alpha value is -2.71. The highest BCUT2D eigenvalue weighted by atomic mass is 32.2. The van der Waals surface area contributed by atoms with Gasteiger partial charge in [-0.2, -0.15) is 4.31 Å². The van der Waals surface area contributed by atoms with Crippen molar-refractivity contribution in [3.05, 3.63) is 65.7 Å². The van der Waals surface area contributed by atoms with Gasteiger partial charge in [-0.1, -0.05) is 43.7 Å². The summed E-state index contributed by atoms with van der Waals surface area (Å²) in [6.45, 7) is 4.59. The predicted molar refractivity (Wildman–Crippen MR) is 122 cm³/mol. The molecule has 1 aliphatic heterocycles. The van der Waals surface area contributed by atoms with Crippen LogP contribution in [-0.4, -0.2) is 43.8 Å². The largest absolute Gasteiger partial charge is 0.449 e. The van der Waals surface area contributed by atoms with E-state index in [1.165, 1.54) is 35.5 Å². The van der Waals surface area contributed by atoms with Crippen molar-refractivity contribution in [2.24, 2.45) is 0 Å². The van der Waals surface area contributed by atoms with E-state index >= 15 is 0 Å². The van der Waals surface area contributed by atoms with Crippen molar-refractivity contribution in [1.82, 2.24) is 9.62 Å². The second-order valence-corrected chi connectivity index (χ2v) is 9.88. The number of amides is 1. The summed E-state index contributed by atoms with van der Waals surface area (Å²) in [7, 11) is -3.55. The van der Waals surface area contributed by atoms with Crippen LogP contribution in [0.1, 0.15) is 61.5 Å². The van der Waals surface area contributed by atoms with E-state index in [1.54, 1.807) is 0 Å². The van der Waals surface area contributed by atoms with E-state index < -0.39 is 22.1 Å². The minimum absolute atomic E-state index is 0.145. The number of benzene rings is 2. The Bertz CT molecular complexity index is 1020. The Morgan fingerprint density at radius 2 is 1.66 bits per heavy atom. The lowest BCUT2D eigenvalue weighted by Gasteiger charge is -2.21. The van der Waals surface area contributed by atoms with Crippen molar-refractivity contribution in [3.63, 3.8) is 0 Å². The molecule has 0 aromatic heterocycles. The minimum atomic E-state index is -3.55. The molecular weight excluding hydrogens is 428 g/mol. The Kier molecular flexibility index (Phi) is 8.04. The molecule has 2 unspecified atom stereocenters.